The lowest BCUT2D eigenvalue weighted by Crippen LogP contribution is -2.50. The van der Waals surface area contributed by atoms with Crippen molar-refractivity contribution in [3.05, 3.63) is 70.8 Å². The van der Waals surface area contributed by atoms with Crippen LogP contribution >= 0.6 is 11.6 Å². The van der Waals surface area contributed by atoms with Gasteiger partial charge in [-0.05, 0) is 42.0 Å². The highest BCUT2D eigenvalue weighted by Gasteiger charge is 2.45. The molecule has 5 rings (SSSR count). The molecule has 2 N–H and O–H groups in total. The minimum Gasteiger partial charge on any atom is -0.391 e. The third-order valence-electron chi connectivity index (χ3n) is 7.79. The van der Waals surface area contributed by atoms with Crippen LogP contribution in [-0.2, 0) is 22.7 Å². The van der Waals surface area contributed by atoms with Gasteiger partial charge >= 0.3 is 0 Å². The molecule has 1 saturated carbocycles. The summed E-state index contributed by atoms with van der Waals surface area (Å²) in [6, 6.07) is 8.05. The number of benzene rings is 1. The van der Waals surface area contributed by atoms with Gasteiger partial charge in [0.05, 0.1) is 11.8 Å². The number of aromatic nitrogens is 4. The number of halogens is 1. The van der Waals surface area contributed by atoms with Crippen molar-refractivity contribution in [3.8, 4) is 0 Å². The van der Waals surface area contributed by atoms with Crippen LogP contribution < -0.4 is 10.2 Å². The van der Waals surface area contributed by atoms with E-state index in [2.05, 4.69) is 25.5 Å². The standard InChI is InChI=1S/C30H38ClN7O3/c1-30(2,3)27(38-18-24(34-35-38)20-10-11-20)29(41)37-17-21(39)13-26(37)28(40)33-15-22-23(31)8-5-9-25(22)36(4)16-19-7-6-12-32-14-19/h5-9,12,14,18,20-21,26-27,39H,10-11,13,15-17H2,1-4H3,(H,33,40)/t21?,26?,27-/m1/s1. The van der Waals surface area contributed by atoms with Gasteiger partial charge in [0, 0.05) is 73.9 Å². The van der Waals surface area contributed by atoms with Crippen molar-refractivity contribution in [2.75, 3.05) is 18.5 Å². The zero-order valence-corrected chi connectivity index (χ0v) is 24.8. The van der Waals surface area contributed by atoms with Crippen molar-refractivity contribution in [1.29, 1.82) is 0 Å². The number of pyridine rings is 1. The third kappa shape index (κ3) is 6.54. The molecule has 3 heterocycles. The number of amides is 2. The van der Waals surface area contributed by atoms with Crippen molar-refractivity contribution >= 4 is 29.1 Å². The summed E-state index contributed by atoms with van der Waals surface area (Å²) >= 11 is 6.60. The number of aliphatic hydroxyl groups excluding tert-OH is 1. The molecule has 2 aliphatic rings. The molecule has 1 aliphatic heterocycles. The quantitative estimate of drug-likeness (QED) is 0.397. The summed E-state index contributed by atoms with van der Waals surface area (Å²) < 4.78 is 1.63. The summed E-state index contributed by atoms with van der Waals surface area (Å²) in [5, 5.41) is 22.7. The first-order valence-electron chi connectivity index (χ1n) is 14.1. The Balaban J connectivity index is 1.32. The monoisotopic (exact) mass is 579 g/mol. The molecule has 2 unspecified atom stereocenters. The van der Waals surface area contributed by atoms with E-state index in [0.29, 0.717) is 17.5 Å². The van der Waals surface area contributed by atoms with Crippen molar-refractivity contribution in [2.24, 2.45) is 5.41 Å². The number of aliphatic hydroxyl groups is 1. The summed E-state index contributed by atoms with van der Waals surface area (Å²) in [5.41, 5.74) is 3.10. The predicted molar refractivity (Wildman–Crippen MR) is 156 cm³/mol. The largest absolute Gasteiger partial charge is 0.391 e. The summed E-state index contributed by atoms with van der Waals surface area (Å²) in [4.78, 5) is 35.3. The topological polar surface area (TPSA) is 116 Å². The lowest BCUT2D eigenvalue weighted by molar-refractivity contribution is -0.144. The number of carbonyl (C=O) groups is 2. The van der Waals surface area contributed by atoms with E-state index in [0.717, 1.165) is 35.3 Å². The number of rotatable bonds is 9. The maximum absolute atomic E-state index is 14.0. The molecular weight excluding hydrogens is 542 g/mol. The van der Waals surface area contributed by atoms with E-state index >= 15 is 0 Å². The maximum Gasteiger partial charge on any atom is 0.248 e. The van der Waals surface area contributed by atoms with Gasteiger partial charge in [-0.15, -0.1) is 5.10 Å². The molecule has 1 aliphatic carbocycles. The van der Waals surface area contributed by atoms with Crippen molar-refractivity contribution in [3.63, 3.8) is 0 Å². The molecule has 0 radical (unpaired) electrons. The van der Waals surface area contributed by atoms with E-state index in [1.165, 1.54) is 4.90 Å². The van der Waals surface area contributed by atoms with Gasteiger partial charge < -0.3 is 20.2 Å². The average molecular weight is 580 g/mol. The highest BCUT2D eigenvalue weighted by molar-refractivity contribution is 6.31. The Labute approximate surface area is 245 Å². The molecule has 10 nitrogen and oxygen atoms in total. The van der Waals surface area contributed by atoms with Crippen LogP contribution in [0.3, 0.4) is 0 Å². The molecular formula is C30H38ClN7O3. The molecule has 2 aromatic heterocycles. The van der Waals surface area contributed by atoms with Gasteiger partial charge in [-0.1, -0.05) is 49.7 Å². The second-order valence-corrected chi connectivity index (χ2v) is 12.6. The second-order valence-electron chi connectivity index (χ2n) is 12.2. The molecule has 0 bridgehead atoms. The smallest absolute Gasteiger partial charge is 0.248 e. The minimum absolute atomic E-state index is 0.0822. The summed E-state index contributed by atoms with van der Waals surface area (Å²) in [6.07, 6.45) is 6.94. The second kappa shape index (κ2) is 11.8. The van der Waals surface area contributed by atoms with Gasteiger partial charge in [-0.25, -0.2) is 4.68 Å². The maximum atomic E-state index is 14.0. The fourth-order valence-electron chi connectivity index (χ4n) is 5.55. The minimum atomic E-state index is -0.812. The molecule has 41 heavy (non-hydrogen) atoms. The Kier molecular flexibility index (Phi) is 8.33. The Hall–Kier alpha value is -3.50. The molecule has 2 fully saturated rings. The molecule has 2 amide bonds. The fourth-order valence-corrected chi connectivity index (χ4v) is 5.79. The van der Waals surface area contributed by atoms with Gasteiger partial charge in [0.1, 0.15) is 12.1 Å². The molecule has 0 spiro atoms. The Morgan fingerprint density at radius 2 is 2.00 bits per heavy atom. The van der Waals surface area contributed by atoms with Crippen molar-refractivity contribution < 1.29 is 14.7 Å². The van der Waals surface area contributed by atoms with E-state index in [4.69, 9.17) is 11.6 Å². The van der Waals surface area contributed by atoms with Gasteiger partial charge in [0.25, 0.3) is 0 Å². The van der Waals surface area contributed by atoms with Gasteiger partial charge in [-0.3, -0.25) is 14.6 Å². The van der Waals surface area contributed by atoms with Crippen molar-refractivity contribution in [2.45, 2.75) is 77.2 Å². The average Bonchev–Trinajstić information content (AvgIpc) is 3.53. The molecule has 11 heteroatoms. The Bertz CT molecular complexity index is 1390. The molecule has 218 valence electrons. The first-order valence-corrected chi connectivity index (χ1v) is 14.5. The van der Waals surface area contributed by atoms with E-state index in [9.17, 15) is 14.7 Å². The SMILES string of the molecule is CN(Cc1cccnc1)c1cccc(Cl)c1CNC(=O)C1CC(O)CN1C(=O)[C@@H](n1cc(C2CC2)nn1)C(C)(C)C. The van der Waals surface area contributed by atoms with Crippen LogP contribution in [0, 0.1) is 5.41 Å². The van der Waals surface area contributed by atoms with Gasteiger partial charge in [0.2, 0.25) is 11.8 Å². The number of hydrogen-bond acceptors (Lipinski definition) is 7. The Morgan fingerprint density at radius 3 is 2.68 bits per heavy atom. The number of carbonyl (C=O) groups excluding carboxylic acids is 2. The summed E-state index contributed by atoms with van der Waals surface area (Å²) in [6.45, 7) is 6.78. The zero-order valence-electron chi connectivity index (χ0n) is 24.0. The predicted octanol–water partition coefficient (Wildman–Crippen LogP) is 3.71. The van der Waals surface area contributed by atoms with E-state index in [1.54, 1.807) is 16.9 Å². The summed E-state index contributed by atoms with van der Waals surface area (Å²) in [5.74, 6) is -0.179. The van der Waals surface area contributed by atoms with E-state index in [-0.39, 0.29) is 31.3 Å². The first-order chi connectivity index (χ1) is 19.5. The van der Waals surface area contributed by atoms with Crippen molar-refractivity contribution in [1.82, 2.24) is 30.2 Å². The number of anilines is 1. The number of β-amino-alcohol motifs (C(OH)–C–C–N with tert-alkyl or cyclic N) is 1. The fraction of sp³-hybridized carbons (Fsp3) is 0.500. The van der Waals surface area contributed by atoms with Crippen LogP contribution in [0.5, 0.6) is 0 Å². The molecule has 1 aromatic carbocycles. The Morgan fingerprint density at radius 1 is 1.22 bits per heavy atom. The number of hydrogen-bond donors (Lipinski definition) is 2. The number of nitrogens with zero attached hydrogens (tertiary/aromatic N) is 6. The van der Waals surface area contributed by atoms with E-state index in [1.807, 2.05) is 64.5 Å². The van der Waals surface area contributed by atoms with Crippen LogP contribution in [0.25, 0.3) is 0 Å². The molecule has 3 aromatic rings. The highest BCUT2D eigenvalue weighted by atomic mass is 35.5. The normalized spacial score (nSPS) is 19.7. The lowest BCUT2D eigenvalue weighted by atomic mass is 9.85. The van der Waals surface area contributed by atoms with Crippen LogP contribution in [0.4, 0.5) is 5.69 Å². The summed E-state index contributed by atoms with van der Waals surface area (Å²) in [7, 11) is 1.96. The number of likely N-dealkylation sites (tertiary alicyclic amines) is 1. The zero-order chi connectivity index (χ0) is 29.3. The lowest BCUT2D eigenvalue weighted by Gasteiger charge is -2.34. The molecule has 1 saturated heterocycles. The van der Waals surface area contributed by atoms with Crippen LogP contribution in [-0.4, -0.2) is 67.5 Å². The molecule has 3 atom stereocenters. The highest BCUT2D eigenvalue weighted by Crippen LogP contribution is 2.40. The first kappa shape index (κ1) is 29.0. The van der Waals surface area contributed by atoms with Gasteiger partial charge in [-0.2, -0.15) is 0 Å². The van der Waals surface area contributed by atoms with E-state index < -0.39 is 23.6 Å². The number of nitrogens with one attached hydrogen (secondary N) is 1. The van der Waals surface area contributed by atoms with Crippen LogP contribution in [0.1, 0.15) is 68.8 Å². The third-order valence-corrected chi connectivity index (χ3v) is 8.15. The van der Waals surface area contributed by atoms with Crippen LogP contribution in [0.2, 0.25) is 5.02 Å². The van der Waals surface area contributed by atoms with Gasteiger partial charge in [0.15, 0.2) is 0 Å². The van der Waals surface area contributed by atoms with Crippen LogP contribution in [0.15, 0.2) is 48.9 Å².